The molecule has 1 heterocycles. The summed E-state index contributed by atoms with van der Waals surface area (Å²) in [6, 6.07) is 9.55. The molecule has 1 aromatic rings. The number of hydrogen-bond donors (Lipinski definition) is 2. The summed E-state index contributed by atoms with van der Waals surface area (Å²) >= 11 is 0. The van der Waals surface area contributed by atoms with Crippen LogP contribution in [-0.4, -0.2) is 32.3 Å². The van der Waals surface area contributed by atoms with Gasteiger partial charge in [-0.05, 0) is 57.3 Å². The summed E-state index contributed by atoms with van der Waals surface area (Å²) in [6.07, 6.45) is 6.30. The van der Waals surface area contributed by atoms with Gasteiger partial charge in [-0.1, -0.05) is 24.6 Å². The number of piperidine rings is 1. The minimum absolute atomic E-state index is 0.570. The van der Waals surface area contributed by atoms with Crippen molar-refractivity contribution in [2.45, 2.75) is 51.1 Å². The van der Waals surface area contributed by atoms with Crippen molar-refractivity contribution in [3.63, 3.8) is 0 Å². The van der Waals surface area contributed by atoms with Gasteiger partial charge < -0.3 is 15.4 Å². The van der Waals surface area contributed by atoms with Gasteiger partial charge in [-0.3, -0.25) is 0 Å². The summed E-state index contributed by atoms with van der Waals surface area (Å²) in [7, 11) is 1.74. The minimum Gasteiger partial charge on any atom is -0.496 e. The minimum atomic E-state index is 0.570. The molecule has 0 bridgehead atoms. The first-order chi connectivity index (χ1) is 9.79. The second-order valence-corrected chi connectivity index (χ2v) is 5.80. The second kappa shape index (κ2) is 8.28. The van der Waals surface area contributed by atoms with Crippen LogP contribution in [0.3, 0.4) is 0 Å². The molecular weight excluding hydrogens is 248 g/mol. The first-order valence-corrected chi connectivity index (χ1v) is 7.88. The Kier molecular flexibility index (Phi) is 6.34. The van der Waals surface area contributed by atoms with Crippen LogP contribution in [0, 0.1) is 0 Å². The number of nitrogens with one attached hydrogen (secondary N) is 2. The molecular formula is C17H28N2O. The van der Waals surface area contributed by atoms with Gasteiger partial charge in [0.15, 0.2) is 0 Å². The van der Waals surface area contributed by atoms with Crippen LogP contribution in [0.15, 0.2) is 24.3 Å². The van der Waals surface area contributed by atoms with E-state index < -0.39 is 0 Å². The maximum atomic E-state index is 5.39. The fraction of sp³-hybridized carbons (Fsp3) is 0.647. The van der Waals surface area contributed by atoms with Crippen LogP contribution in [0.25, 0.3) is 0 Å². The number of hydrogen-bond acceptors (Lipinski definition) is 3. The highest BCUT2D eigenvalue weighted by atomic mass is 16.5. The van der Waals surface area contributed by atoms with Gasteiger partial charge in [0.25, 0.3) is 0 Å². The van der Waals surface area contributed by atoms with E-state index in [1.54, 1.807) is 7.11 Å². The molecule has 0 amide bonds. The molecule has 2 atom stereocenters. The molecule has 3 nitrogen and oxygen atoms in total. The van der Waals surface area contributed by atoms with Gasteiger partial charge in [-0.2, -0.15) is 0 Å². The lowest BCUT2D eigenvalue weighted by molar-refractivity contribution is 0.345. The van der Waals surface area contributed by atoms with E-state index in [1.165, 1.54) is 37.8 Å². The smallest absolute Gasteiger partial charge is 0.122 e. The number of methoxy groups -OCH3 is 1. The van der Waals surface area contributed by atoms with Gasteiger partial charge in [0.05, 0.1) is 7.11 Å². The highest BCUT2D eigenvalue weighted by molar-refractivity contribution is 5.33. The SMILES string of the molecule is COc1ccccc1CCNC(C)CC1CCCCN1. The van der Waals surface area contributed by atoms with Crippen molar-refractivity contribution in [1.29, 1.82) is 0 Å². The van der Waals surface area contributed by atoms with Crippen molar-refractivity contribution in [2.24, 2.45) is 0 Å². The third-order valence-corrected chi connectivity index (χ3v) is 4.13. The Morgan fingerprint density at radius 2 is 2.20 bits per heavy atom. The molecule has 0 radical (unpaired) electrons. The van der Waals surface area contributed by atoms with Crippen LogP contribution >= 0.6 is 0 Å². The summed E-state index contributed by atoms with van der Waals surface area (Å²) in [5.41, 5.74) is 1.28. The predicted molar refractivity (Wildman–Crippen MR) is 84.4 cm³/mol. The average molecular weight is 276 g/mol. The maximum Gasteiger partial charge on any atom is 0.122 e. The molecule has 1 aliphatic rings. The lowest BCUT2D eigenvalue weighted by Crippen LogP contribution is -2.40. The van der Waals surface area contributed by atoms with E-state index in [0.29, 0.717) is 12.1 Å². The van der Waals surface area contributed by atoms with Crippen LogP contribution in [0.5, 0.6) is 5.75 Å². The van der Waals surface area contributed by atoms with Crippen molar-refractivity contribution >= 4 is 0 Å². The van der Waals surface area contributed by atoms with Gasteiger partial charge in [0.2, 0.25) is 0 Å². The first-order valence-electron chi connectivity index (χ1n) is 7.88. The summed E-state index contributed by atoms with van der Waals surface area (Å²) in [5.74, 6) is 0.996. The van der Waals surface area contributed by atoms with E-state index in [4.69, 9.17) is 4.74 Å². The molecule has 112 valence electrons. The third kappa shape index (κ3) is 4.80. The maximum absolute atomic E-state index is 5.39. The molecule has 0 aromatic heterocycles. The highest BCUT2D eigenvalue weighted by Crippen LogP contribution is 2.17. The predicted octanol–water partition coefficient (Wildman–Crippen LogP) is 2.75. The van der Waals surface area contributed by atoms with Crippen molar-refractivity contribution < 1.29 is 4.74 Å². The van der Waals surface area contributed by atoms with Crippen LogP contribution in [0.1, 0.15) is 38.2 Å². The number of ether oxygens (including phenoxy) is 1. The molecule has 1 aromatic carbocycles. The van der Waals surface area contributed by atoms with Gasteiger partial charge in [0.1, 0.15) is 5.75 Å². The van der Waals surface area contributed by atoms with Gasteiger partial charge in [-0.15, -0.1) is 0 Å². The van der Waals surface area contributed by atoms with Gasteiger partial charge in [-0.25, -0.2) is 0 Å². The standard InChI is InChI=1S/C17H28N2O/c1-14(13-16-8-5-6-11-19-16)18-12-10-15-7-3-4-9-17(15)20-2/h3-4,7,9,14,16,18-19H,5-6,8,10-13H2,1-2H3. The number of benzene rings is 1. The Bertz CT molecular complexity index is 388. The van der Waals surface area contributed by atoms with Crippen molar-refractivity contribution in [2.75, 3.05) is 20.2 Å². The summed E-state index contributed by atoms with van der Waals surface area (Å²) < 4.78 is 5.39. The zero-order chi connectivity index (χ0) is 14.2. The van der Waals surface area contributed by atoms with Gasteiger partial charge >= 0.3 is 0 Å². The Balaban J connectivity index is 1.69. The summed E-state index contributed by atoms with van der Waals surface area (Å²) in [6.45, 7) is 4.49. The molecule has 20 heavy (non-hydrogen) atoms. The normalized spacial score (nSPS) is 20.6. The lowest BCUT2D eigenvalue weighted by atomic mass is 9.98. The van der Waals surface area contributed by atoms with E-state index in [2.05, 4.69) is 29.7 Å². The second-order valence-electron chi connectivity index (χ2n) is 5.80. The van der Waals surface area contributed by atoms with Crippen LogP contribution in [0.4, 0.5) is 0 Å². The monoisotopic (exact) mass is 276 g/mol. The quantitative estimate of drug-likeness (QED) is 0.803. The van der Waals surface area contributed by atoms with Gasteiger partial charge in [0, 0.05) is 12.1 Å². The Morgan fingerprint density at radius 3 is 2.95 bits per heavy atom. The Hall–Kier alpha value is -1.06. The molecule has 2 unspecified atom stereocenters. The molecule has 1 fully saturated rings. The largest absolute Gasteiger partial charge is 0.496 e. The molecule has 1 aliphatic heterocycles. The molecule has 0 saturated carbocycles. The van der Waals surface area contributed by atoms with E-state index in [1.807, 2.05) is 12.1 Å². The molecule has 2 rings (SSSR count). The van der Waals surface area contributed by atoms with Crippen molar-refractivity contribution in [3.05, 3.63) is 29.8 Å². The van der Waals surface area contributed by atoms with Crippen LogP contribution < -0.4 is 15.4 Å². The zero-order valence-corrected chi connectivity index (χ0v) is 12.8. The van der Waals surface area contributed by atoms with Crippen LogP contribution in [0.2, 0.25) is 0 Å². The van der Waals surface area contributed by atoms with E-state index in [9.17, 15) is 0 Å². The van der Waals surface area contributed by atoms with Crippen LogP contribution in [-0.2, 0) is 6.42 Å². The Labute approximate surface area is 123 Å². The molecule has 2 N–H and O–H groups in total. The molecule has 0 spiro atoms. The molecule has 1 saturated heterocycles. The van der Waals surface area contributed by atoms with E-state index >= 15 is 0 Å². The van der Waals surface area contributed by atoms with E-state index in [-0.39, 0.29) is 0 Å². The average Bonchev–Trinajstić information content (AvgIpc) is 2.49. The number of para-hydroxylation sites is 1. The first kappa shape index (κ1) is 15.3. The third-order valence-electron chi connectivity index (χ3n) is 4.13. The number of rotatable bonds is 7. The lowest BCUT2D eigenvalue weighted by Gasteiger charge is -2.26. The van der Waals surface area contributed by atoms with E-state index in [0.717, 1.165) is 18.7 Å². The highest BCUT2D eigenvalue weighted by Gasteiger charge is 2.15. The van der Waals surface area contributed by atoms with Crippen molar-refractivity contribution in [1.82, 2.24) is 10.6 Å². The fourth-order valence-electron chi connectivity index (χ4n) is 3.00. The summed E-state index contributed by atoms with van der Waals surface area (Å²) in [5, 5.41) is 7.25. The fourth-order valence-corrected chi connectivity index (χ4v) is 3.00. The van der Waals surface area contributed by atoms with Crippen molar-refractivity contribution in [3.8, 4) is 5.75 Å². The summed E-state index contributed by atoms with van der Waals surface area (Å²) in [4.78, 5) is 0. The zero-order valence-electron chi connectivity index (χ0n) is 12.8. The molecule has 3 heteroatoms. The molecule has 0 aliphatic carbocycles. The Morgan fingerprint density at radius 1 is 1.35 bits per heavy atom. The topological polar surface area (TPSA) is 33.3 Å².